The first-order valence-electron chi connectivity index (χ1n) is 3.12. The van der Waals surface area contributed by atoms with E-state index in [2.05, 4.69) is 17.2 Å². The molecule has 0 aliphatic heterocycles. The molecule has 0 heterocycles. The Kier molecular flexibility index (Phi) is 4.20. The summed E-state index contributed by atoms with van der Waals surface area (Å²) in [5.74, 6) is 0. The SMILES string of the molecule is C=NN/C(CC)=C(\C)C=O. The van der Waals surface area contributed by atoms with Gasteiger partial charge in [-0.1, -0.05) is 6.92 Å². The number of aldehydes is 1. The molecule has 0 saturated carbocycles. The number of allylic oxidation sites excluding steroid dienone is 2. The predicted octanol–water partition coefficient (Wildman–Crippen LogP) is 1.07. The lowest BCUT2D eigenvalue weighted by atomic mass is 10.2. The average Bonchev–Trinajstić information content (AvgIpc) is 1.99. The quantitative estimate of drug-likeness (QED) is 0.275. The van der Waals surface area contributed by atoms with Crippen molar-refractivity contribution in [2.75, 3.05) is 0 Å². The molecule has 0 aliphatic carbocycles. The molecule has 0 aromatic heterocycles. The van der Waals surface area contributed by atoms with Crippen LogP contribution in [0.15, 0.2) is 16.4 Å². The summed E-state index contributed by atoms with van der Waals surface area (Å²) < 4.78 is 0. The van der Waals surface area contributed by atoms with Crippen molar-refractivity contribution in [3.05, 3.63) is 11.3 Å². The first-order valence-corrected chi connectivity index (χ1v) is 3.12. The molecule has 0 unspecified atom stereocenters. The first kappa shape index (κ1) is 8.88. The minimum atomic E-state index is 0.676. The zero-order valence-electron chi connectivity index (χ0n) is 6.35. The maximum absolute atomic E-state index is 10.2. The van der Waals surface area contributed by atoms with Gasteiger partial charge in [0, 0.05) is 18.0 Å². The van der Waals surface area contributed by atoms with Crippen LogP contribution in [0.25, 0.3) is 0 Å². The van der Waals surface area contributed by atoms with Crippen molar-refractivity contribution in [3.8, 4) is 0 Å². The highest BCUT2D eigenvalue weighted by Gasteiger charge is 1.95. The summed E-state index contributed by atoms with van der Waals surface area (Å²) in [6.45, 7) is 6.94. The Bertz CT molecular complexity index is 161. The largest absolute Gasteiger partial charge is 0.298 e. The van der Waals surface area contributed by atoms with Crippen LogP contribution in [0.2, 0.25) is 0 Å². The zero-order chi connectivity index (χ0) is 7.98. The smallest absolute Gasteiger partial charge is 0.147 e. The number of carbonyl (C=O) groups excluding carboxylic acids is 1. The van der Waals surface area contributed by atoms with E-state index in [1.807, 2.05) is 6.92 Å². The summed E-state index contributed by atoms with van der Waals surface area (Å²) in [4.78, 5) is 10.2. The van der Waals surface area contributed by atoms with Gasteiger partial charge in [-0.2, -0.15) is 5.10 Å². The van der Waals surface area contributed by atoms with Gasteiger partial charge in [-0.15, -0.1) is 0 Å². The molecule has 0 aliphatic rings. The summed E-state index contributed by atoms with van der Waals surface area (Å²) in [7, 11) is 0. The lowest BCUT2D eigenvalue weighted by molar-refractivity contribution is -0.104. The Morgan fingerprint density at radius 2 is 2.40 bits per heavy atom. The van der Waals surface area contributed by atoms with Gasteiger partial charge in [0.25, 0.3) is 0 Å². The van der Waals surface area contributed by atoms with E-state index in [1.54, 1.807) is 6.92 Å². The van der Waals surface area contributed by atoms with E-state index < -0.39 is 0 Å². The van der Waals surface area contributed by atoms with E-state index in [1.165, 1.54) is 0 Å². The average molecular weight is 140 g/mol. The second-order valence-electron chi connectivity index (χ2n) is 1.90. The van der Waals surface area contributed by atoms with Crippen molar-refractivity contribution in [2.45, 2.75) is 20.3 Å². The molecule has 1 N–H and O–H groups in total. The number of carbonyl (C=O) groups is 1. The standard InChI is InChI=1S/C7H12N2O/c1-4-7(9-8-3)6(2)5-10/h5,9H,3-4H2,1-2H3/b7-6+. The van der Waals surface area contributed by atoms with E-state index in [0.29, 0.717) is 5.57 Å². The summed E-state index contributed by atoms with van der Waals surface area (Å²) in [6, 6.07) is 0. The van der Waals surface area contributed by atoms with Crippen molar-refractivity contribution in [2.24, 2.45) is 5.10 Å². The Balaban J connectivity index is 4.27. The monoisotopic (exact) mass is 140 g/mol. The molecule has 0 amide bonds. The van der Waals surface area contributed by atoms with Gasteiger partial charge in [-0.05, 0) is 13.3 Å². The summed E-state index contributed by atoms with van der Waals surface area (Å²) in [5.41, 5.74) is 4.15. The van der Waals surface area contributed by atoms with Gasteiger partial charge in [0.15, 0.2) is 0 Å². The van der Waals surface area contributed by atoms with Crippen LogP contribution in [0.1, 0.15) is 20.3 Å². The molecule has 3 nitrogen and oxygen atoms in total. The van der Waals surface area contributed by atoms with E-state index >= 15 is 0 Å². The van der Waals surface area contributed by atoms with Crippen LogP contribution >= 0.6 is 0 Å². The second kappa shape index (κ2) is 4.73. The minimum absolute atomic E-state index is 0.676. The first-order chi connectivity index (χ1) is 4.76. The van der Waals surface area contributed by atoms with Crippen LogP contribution in [0, 0.1) is 0 Å². The third-order valence-corrected chi connectivity index (χ3v) is 1.22. The van der Waals surface area contributed by atoms with Crippen LogP contribution < -0.4 is 5.43 Å². The molecular formula is C7H12N2O. The molecule has 3 heteroatoms. The number of nitrogens with one attached hydrogen (secondary N) is 1. The normalized spacial score (nSPS) is 11.8. The third-order valence-electron chi connectivity index (χ3n) is 1.22. The van der Waals surface area contributed by atoms with Gasteiger partial charge in [0.05, 0.1) is 0 Å². The van der Waals surface area contributed by atoms with Crippen LogP contribution in [0.5, 0.6) is 0 Å². The van der Waals surface area contributed by atoms with E-state index in [9.17, 15) is 4.79 Å². The number of nitrogens with zero attached hydrogens (tertiary/aromatic N) is 1. The summed E-state index contributed by atoms with van der Waals surface area (Å²) in [6.07, 6.45) is 1.57. The summed E-state index contributed by atoms with van der Waals surface area (Å²) in [5, 5.41) is 3.46. The van der Waals surface area contributed by atoms with Gasteiger partial charge >= 0.3 is 0 Å². The van der Waals surface area contributed by atoms with E-state index in [-0.39, 0.29) is 0 Å². The molecule has 0 aromatic rings. The highest BCUT2D eigenvalue weighted by atomic mass is 16.1. The van der Waals surface area contributed by atoms with Crippen molar-refractivity contribution < 1.29 is 4.79 Å². The van der Waals surface area contributed by atoms with Crippen molar-refractivity contribution in [3.63, 3.8) is 0 Å². The van der Waals surface area contributed by atoms with E-state index in [0.717, 1.165) is 18.4 Å². The van der Waals surface area contributed by atoms with Crippen molar-refractivity contribution in [1.29, 1.82) is 0 Å². The highest BCUT2D eigenvalue weighted by Crippen LogP contribution is 2.01. The lowest BCUT2D eigenvalue weighted by Crippen LogP contribution is -2.06. The molecule has 0 atom stereocenters. The molecule has 0 fully saturated rings. The van der Waals surface area contributed by atoms with Crippen LogP contribution in [0.3, 0.4) is 0 Å². The van der Waals surface area contributed by atoms with Gasteiger partial charge in [0.1, 0.15) is 6.29 Å². The summed E-state index contributed by atoms with van der Waals surface area (Å²) >= 11 is 0. The topological polar surface area (TPSA) is 41.5 Å². The lowest BCUT2D eigenvalue weighted by Gasteiger charge is -2.02. The number of hydrazone groups is 1. The molecule has 0 spiro atoms. The van der Waals surface area contributed by atoms with Crippen LogP contribution in [-0.2, 0) is 4.79 Å². The number of hydrogen-bond donors (Lipinski definition) is 1. The fraction of sp³-hybridized carbons (Fsp3) is 0.429. The number of hydrogen-bond acceptors (Lipinski definition) is 3. The zero-order valence-corrected chi connectivity index (χ0v) is 6.35. The number of rotatable bonds is 4. The van der Waals surface area contributed by atoms with Crippen molar-refractivity contribution in [1.82, 2.24) is 5.43 Å². The Hall–Kier alpha value is -1.12. The van der Waals surface area contributed by atoms with Crippen LogP contribution in [0.4, 0.5) is 0 Å². The predicted molar refractivity (Wildman–Crippen MR) is 41.7 cm³/mol. The Morgan fingerprint density at radius 3 is 2.70 bits per heavy atom. The molecule has 0 saturated heterocycles. The Morgan fingerprint density at radius 1 is 1.80 bits per heavy atom. The fourth-order valence-corrected chi connectivity index (χ4v) is 0.613. The molecule has 0 bridgehead atoms. The van der Waals surface area contributed by atoms with Gasteiger partial charge in [0.2, 0.25) is 0 Å². The fourth-order valence-electron chi connectivity index (χ4n) is 0.613. The van der Waals surface area contributed by atoms with Gasteiger partial charge in [-0.25, -0.2) is 0 Å². The highest BCUT2D eigenvalue weighted by molar-refractivity contribution is 5.73. The van der Waals surface area contributed by atoms with Crippen LogP contribution in [-0.4, -0.2) is 13.0 Å². The molecular weight excluding hydrogens is 128 g/mol. The van der Waals surface area contributed by atoms with Gasteiger partial charge < -0.3 is 0 Å². The Labute approximate surface area is 60.8 Å². The molecule has 10 heavy (non-hydrogen) atoms. The maximum Gasteiger partial charge on any atom is 0.147 e. The van der Waals surface area contributed by atoms with E-state index in [4.69, 9.17) is 0 Å². The minimum Gasteiger partial charge on any atom is -0.298 e. The van der Waals surface area contributed by atoms with Crippen molar-refractivity contribution >= 4 is 13.0 Å². The van der Waals surface area contributed by atoms with Gasteiger partial charge in [-0.3, -0.25) is 10.2 Å². The molecule has 0 rings (SSSR count). The molecule has 0 radical (unpaired) electrons. The third kappa shape index (κ3) is 2.44. The maximum atomic E-state index is 10.2. The molecule has 56 valence electrons. The molecule has 0 aromatic carbocycles. The second-order valence-corrected chi connectivity index (χ2v) is 1.90.